The predicted octanol–water partition coefficient (Wildman–Crippen LogP) is 3.45. The normalized spacial score (nSPS) is 16.3. The number of halogens is 3. The van der Waals surface area contributed by atoms with Crippen LogP contribution in [0.1, 0.15) is 46.3 Å². The number of nitrogens with zero attached hydrogens (tertiary/aromatic N) is 1. The summed E-state index contributed by atoms with van der Waals surface area (Å²) < 4.78 is 47.1. The van der Waals surface area contributed by atoms with Crippen LogP contribution in [0.2, 0.25) is 0 Å². The summed E-state index contributed by atoms with van der Waals surface area (Å²) >= 11 is 0. The number of ether oxygens (including phenoxy) is 1. The Morgan fingerprint density at radius 1 is 1.27 bits per heavy atom. The number of carbonyl (C=O) groups excluding carboxylic acids is 1. The number of hydrogen-bond acceptors (Lipinski definition) is 7. The summed E-state index contributed by atoms with van der Waals surface area (Å²) in [5, 5.41) is 19.8. The van der Waals surface area contributed by atoms with Crippen LogP contribution in [0.3, 0.4) is 0 Å². The first-order chi connectivity index (χ1) is 17.6. The molecule has 4 rings (SSSR count). The molecule has 0 unspecified atom stereocenters. The molecule has 0 spiro atoms. The maximum Gasteiger partial charge on any atom is 0.288 e. The fourth-order valence-electron chi connectivity index (χ4n) is 4.20. The van der Waals surface area contributed by atoms with Gasteiger partial charge in [-0.05, 0) is 36.6 Å². The molecule has 1 fully saturated rings. The molecule has 0 radical (unpaired) electrons. The number of amides is 1. The molecule has 0 saturated heterocycles. The van der Waals surface area contributed by atoms with Gasteiger partial charge in [-0.25, -0.2) is 18.3 Å². The number of nitrogens with two attached hydrogens (primary N) is 1. The summed E-state index contributed by atoms with van der Waals surface area (Å²) in [7, 11) is 1.38. The third kappa shape index (κ3) is 5.42. The summed E-state index contributed by atoms with van der Waals surface area (Å²) in [6.07, 6.45) is 0.184. The minimum absolute atomic E-state index is 0.0473. The van der Waals surface area contributed by atoms with E-state index in [9.17, 15) is 22.8 Å². The van der Waals surface area contributed by atoms with Gasteiger partial charge in [0, 0.05) is 18.5 Å². The highest BCUT2D eigenvalue weighted by molar-refractivity contribution is 6.16. The molecule has 1 saturated carbocycles. The predicted molar refractivity (Wildman–Crippen MR) is 132 cm³/mol. The van der Waals surface area contributed by atoms with Gasteiger partial charge in [0.15, 0.2) is 5.82 Å². The molecule has 1 atom stereocenters. The molecule has 1 aromatic heterocycles. The maximum absolute atomic E-state index is 14.2. The SMILES string of the molecule is COc1ccc(F)cc1C(=O)NCc1ccc(C(=N)c2c(N)n[nH]c(=O)c2N[C@@H]2CCCC2(F)F)cc1. The summed E-state index contributed by atoms with van der Waals surface area (Å²) in [6.45, 7) is 0.102. The molecule has 9 nitrogen and oxygen atoms in total. The molecular weight excluding hydrogens is 489 g/mol. The molecule has 0 bridgehead atoms. The van der Waals surface area contributed by atoms with Crippen LogP contribution in [-0.4, -0.2) is 40.9 Å². The maximum atomic E-state index is 14.2. The molecule has 2 aromatic carbocycles. The number of aromatic amines is 1. The topological polar surface area (TPSA) is 146 Å². The smallest absolute Gasteiger partial charge is 0.288 e. The van der Waals surface area contributed by atoms with Gasteiger partial charge in [0.1, 0.15) is 17.3 Å². The fourth-order valence-corrected chi connectivity index (χ4v) is 4.20. The van der Waals surface area contributed by atoms with Crippen LogP contribution in [-0.2, 0) is 6.54 Å². The first-order valence-electron chi connectivity index (χ1n) is 11.4. The molecule has 1 amide bonds. The molecule has 1 aliphatic rings. The number of alkyl halides is 2. The van der Waals surface area contributed by atoms with Crippen LogP contribution in [0.25, 0.3) is 0 Å². The number of methoxy groups -OCH3 is 1. The van der Waals surface area contributed by atoms with Crippen molar-refractivity contribution in [3.63, 3.8) is 0 Å². The van der Waals surface area contributed by atoms with Crippen LogP contribution in [0.15, 0.2) is 47.3 Å². The van der Waals surface area contributed by atoms with Gasteiger partial charge in [-0.3, -0.25) is 15.0 Å². The van der Waals surface area contributed by atoms with E-state index in [1.807, 2.05) is 0 Å². The quantitative estimate of drug-likeness (QED) is 0.291. The van der Waals surface area contributed by atoms with E-state index >= 15 is 0 Å². The van der Waals surface area contributed by atoms with Crippen molar-refractivity contribution >= 4 is 23.1 Å². The average molecular weight is 515 g/mol. The Labute approximate surface area is 209 Å². The molecular formula is C25H25F3N6O3. The third-order valence-corrected chi connectivity index (χ3v) is 6.19. The van der Waals surface area contributed by atoms with E-state index in [0.717, 1.165) is 6.07 Å². The van der Waals surface area contributed by atoms with Crippen LogP contribution in [0.4, 0.5) is 24.7 Å². The van der Waals surface area contributed by atoms with Gasteiger partial charge >= 0.3 is 0 Å². The number of benzene rings is 2. The van der Waals surface area contributed by atoms with E-state index in [1.54, 1.807) is 24.3 Å². The van der Waals surface area contributed by atoms with Gasteiger partial charge in [-0.15, -0.1) is 0 Å². The van der Waals surface area contributed by atoms with Gasteiger partial charge in [0.2, 0.25) is 0 Å². The summed E-state index contributed by atoms with van der Waals surface area (Å²) in [5.74, 6) is -4.06. The fraction of sp³-hybridized carbons (Fsp3) is 0.280. The second-order valence-corrected chi connectivity index (χ2v) is 8.64. The van der Waals surface area contributed by atoms with E-state index < -0.39 is 29.2 Å². The number of nitrogens with one attached hydrogen (secondary N) is 4. The van der Waals surface area contributed by atoms with Crippen LogP contribution < -0.4 is 26.7 Å². The lowest BCUT2D eigenvalue weighted by atomic mass is 10.00. The summed E-state index contributed by atoms with van der Waals surface area (Å²) in [6, 6.07) is 8.78. The number of aromatic nitrogens is 2. The van der Waals surface area contributed by atoms with Gasteiger partial charge in [0.05, 0.1) is 30.0 Å². The number of hydrogen-bond donors (Lipinski definition) is 5. The minimum atomic E-state index is -2.99. The van der Waals surface area contributed by atoms with Gasteiger partial charge in [-0.1, -0.05) is 24.3 Å². The number of anilines is 2. The second kappa shape index (κ2) is 10.3. The van der Waals surface area contributed by atoms with Gasteiger partial charge in [-0.2, -0.15) is 5.10 Å². The number of H-pyrrole nitrogens is 1. The van der Waals surface area contributed by atoms with Crippen molar-refractivity contribution in [2.75, 3.05) is 18.2 Å². The highest BCUT2D eigenvalue weighted by Crippen LogP contribution is 2.37. The monoisotopic (exact) mass is 514 g/mol. The van der Waals surface area contributed by atoms with E-state index in [4.69, 9.17) is 15.9 Å². The summed E-state index contributed by atoms with van der Waals surface area (Å²) in [4.78, 5) is 25.0. The zero-order valence-electron chi connectivity index (χ0n) is 19.8. The summed E-state index contributed by atoms with van der Waals surface area (Å²) in [5.41, 5.74) is 5.75. The molecule has 1 aliphatic carbocycles. The van der Waals surface area contributed by atoms with E-state index in [2.05, 4.69) is 20.8 Å². The van der Waals surface area contributed by atoms with Gasteiger partial charge in [0.25, 0.3) is 17.4 Å². The molecule has 1 heterocycles. The molecule has 37 heavy (non-hydrogen) atoms. The Kier molecular flexibility index (Phi) is 7.18. The zero-order chi connectivity index (χ0) is 26.7. The Balaban J connectivity index is 1.51. The Hall–Kier alpha value is -4.35. The number of carbonyl (C=O) groups is 1. The highest BCUT2D eigenvalue weighted by Gasteiger charge is 2.44. The number of rotatable bonds is 8. The van der Waals surface area contributed by atoms with Crippen molar-refractivity contribution in [3.05, 3.63) is 80.9 Å². The lowest BCUT2D eigenvalue weighted by molar-refractivity contribution is -0.000627. The standard InChI is InChI=1S/C25H25F3N6O3/c1-37-17-9-8-15(26)11-16(17)23(35)31-12-13-4-6-14(7-5-13)20(29)19-21(24(36)34-33-22(19)30)32-18-3-2-10-25(18,27)28/h4-9,11,18,29H,2-3,10,12H2,1H3,(H,31,35)(H,34,36)(H3,30,32,33)/t18-/m1/s1. The van der Waals surface area contributed by atoms with Crippen LogP contribution in [0.5, 0.6) is 5.75 Å². The van der Waals surface area contributed by atoms with Crippen molar-refractivity contribution in [1.29, 1.82) is 5.41 Å². The van der Waals surface area contributed by atoms with Crippen molar-refractivity contribution in [2.24, 2.45) is 0 Å². The Morgan fingerprint density at radius 2 is 2.00 bits per heavy atom. The zero-order valence-corrected chi connectivity index (χ0v) is 19.8. The Bertz CT molecular complexity index is 1390. The first kappa shape index (κ1) is 25.7. The third-order valence-electron chi connectivity index (χ3n) is 6.19. The van der Waals surface area contributed by atoms with E-state index in [1.165, 1.54) is 19.2 Å². The minimum Gasteiger partial charge on any atom is -0.496 e. The molecule has 6 N–H and O–H groups in total. The molecule has 194 valence electrons. The van der Waals surface area contributed by atoms with E-state index in [-0.39, 0.29) is 53.5 Å². The molecule has 0 aliphatic heterocycles. The molecule has 12 heteroatoms. The van der Waals surface area contributed by atoms with Crippen molar-refractivity contribution < 1.29 is 22.7 Å². The van der Waals surface area contributed by atoms with Gasteiger partial charge < -0.3 is 21.1 Å². The van der Waals surface area contributed by atoms with E-state index in [0.29, 0.717) is 17.5 Å². The lowest BCUT2D eigenvalue weighted by Crippen LogP contribution is -2.37. The first-order valence-corrected chi connectivity index (χ1v) is 11.4. The van der Waals surface area contributed by atoms with Crippen molar-refractivity contribution in [2.45, 2.75) is 37.8 Å². The second-order valence-electron chi connectivity index (χ2n) is 8.64. The Morgan fingerprint density at radius 3 is 2.65 bits per heavy atom. The number of nitrogen functional groups attached to an aromatic ring is 1. The average Bonchev–Trinajstić information content (AvgIpc) is 3.22. The van der Waals surface area contributed by atoms with Crippen LogP contribution >= 0.6 is 0 Å². The largest absolute Gasteiger partial charge is 0.496 e. The van der Waals surface area contributed by atoms with Crippen LogP contribution in [0, 0.1) is 11.2 Å². The highest BCUT2D eigenvalue weighted by atomic mass is 19.3. The van der Waals surface area contributed by atoms with Crippen molar-refractivity contribution in [3.8, 4) is 5.75 Å². The molecule has 3 aromatic rings. The van der Waals surface area contributed by atoms with Crippen molar-refractivity contribution in [1.82, 2.24) is 15.5 Å². The lowest BCUT2D eigenvalue weighted by Gasteiger charge is -2.23.